The van der Waals surface area contributed by atoms with Crippen LogP contribution in [-0.4, -0.2) is 42.8 Å². The smallest absolute Gasteiger partial charge is 0.406 e. The molecule has 31 heavy (non-hydrogen) atoms. The summed E-state index contributed by atoms with van der Waals surface area (Å²) in [6, 6.07) is 14.4. The number of amides is 1. The minimum atomic E-state index is -4.69. The number of carbonyl (C=O) groups is 1. The molecule has 2 heterocycles. The van der Waals surface area contributed by atoms with Crippen molar-refractivity contribution >= 4 is 23.5 Å². The second-order valence-corrected chi connectivity index (χ2v) is 8.69. The second kappa shape index (κ2) is 9.50. The number of likely N-dealkylation sites (tertiary alicyclic amines) is 1. The molecule has 4 rings (SSSR count). The van der Waals surface area contributed by atoms with Crippen LogP contribution in [0.1, 0.15) is 24.8 Å². The van der Waals surface area contributed by atoms with E-state index in [2.05, 4.69) is 26.5 Å². The average Bonchev–Trinajstić information content (AvgIpc) is 3.35. The molecule has 1 amide bonds. The molecule has 1 unspecified atom stereocenters. The number of benzene rings is 2. The molecular formula is C22H24F3N3O2S. The number of hydrogen-bond acceptors (Lipinski definition) is 5. The average molecular weight is 452 g/mol. The molecule has 2 fully saturated rings. The van der Waals surface area contributed by atoms with E-state index >= 15 is 0 Å². The number of carbonyl (C=O) groups excluding carboxylic acids is 1. The third-order valence-electron chi connectivity index (χ3n) is 5.38. The lowest BCUT2D eigenvalue weighted by molar-refractivity contribution is -0.274. The highest BCUT2D eigenvalue weighted by Crippen LogP contribution is 2.28. The van der Waals surface area contributed by atoms with Crippen LogP contribution in [0.2, 0.25) is 0 Å². The van der Waals surface area contributed by atoms with Gasteiger partial charge in [0.15, 0.2) is 0 Å². The Morgan fingerprint density at radius 1 is 1.13 bits per heavy atom. The van der Waals surface area contributed by atoms with Crippen molar-refractivity contribution in [2.45, 2.75) is 43.1 Å². The zero-order chi connectivity index (χ0) is 21.8. The molecular weight excluding hydrogens is 427 g/mol. The number of ether oxygens (including phenoxy) is 1. The van der Waals surface area contributed by atoms with E-state index in [0.717, 1.165) is 44.7 Å². The molecule has 166 valence electrons. The predicted molar refractivity (Wildman–Crippen MR) is 114 cm³/mol. The van der Waals surface area contributed by atoms with Gasteiger partial charge in [0.1, 0.15) is 5.75 Å². The molecule has 0 aliphatic carbocycles. The third kappa shape index (κ3) is 6.15. The van der Waals surface area contributed by atoms with Crippen LogP contribution in [0.3, 0.4) is 0 Å². The highest BCUT2D eigenvalue weighted by Gasteiger charge is 2.31. The van der Waals surface area contributed by atoms with E-state index in [1.165, 1.54) is 29.6 Å². The van der Waals surface area contributed by atoms with Gasteiger partial charge in [-0.05, 0) is 60.7 Å². The molecule has 0 radical (unpaired) electrons. The molecule has 2 aliphatic rings. The Bertz CT molecular complexity index is 908. The Morgan fingerprint density at radius 2 is 1.94 bits per heavy atom. The summed E-state index contributed by atoms with van der Waals surface area (Å²) in [7, 11) is 0. The van der Waals surface area contributed by atoms with Gasteiger partial charge in [-0.25, -0.2) is 0 Å². The Kier molecular flexibility index (Phi) is 6.74. The van der Waals surface area contributed by atoms with Crippen LogP contribution < -0.4 is 14.4 Å². The maximum absolute atomic E-state index is 12.4. The van der Waals surface area contributed by atoms with Crippen molar-refractivity contribution in [3.8, 4) is 5.75 Å². The number of nitrogens with one attached hydrogen (secondary N) is 1. The van der Waals surface area contributed by atoms with Crippen molar-refractivity contribution in [3.63, 3.8) is 0 Å². The van der Waals surface area contributed by atoms with Gasteiger partial charge in [0, 0.05) is 49.2 Å². The normalized spacial score (nSPS) is 19.9. The van der Waals surface area contributed by atoms with E-state index in [1.807, 2.05) is 17.0 Å². The quantitative estimate of drug-likeness (QED) is 0.625. The number of hydrogen-bond donors (Lipinski definition) is 1. The van der Waals surface area contributed by atoms with E-state index in [0.29, 0.717) is 11.3 Å². The molecule has 2 saturated heterocycles. The van der Waals surface area contributed by atoms with Crippen molar-refractivity contribution in [1.82, 2.24) is 9.62 Å². The molecule has 2 aromatic carbocycles. The lowest BCUT2D eigenvalue weighted by Gasteiger charge is -2.19. The first-order valence-electron chi connectivity index (χ1n) is 10.3. The van der Waals surface area contributed by atoms with E-state index in [1.54, 1.807) is 12.1 Å². The molecule has 2 aromatic rings. The van der Waals surface area contributed by atoms with E-state index in [9.17, 15) is 18.0 Å². The van der Waals surface area contributed by atoms with Gasteiger partial charge in [-0.15, -0.1) is 13.2 Å². The summed E-state index contributed by atoms with van der Waals surface area (Å²) in [5.41, 5.74) is 2.15. The number of alkyl halides is 3. The monoisotopic (exact) mass is 451 g/mol. The number of nitrogens with zero attached hydrogens (tertiary/aromatic N) is 2. The fourth-order valence-electron chi connectivity index (χ4n) is 3.92. The maximum Gasteiger partial charge on any atom is 0.573 e. The van der Waals surface area contributed by atoms with Crippen LogP contribution in [0.25, 0.3) is 0 Å². The first-order chi connectivity index (χ1) is 14.9. The van der Waals surface area contributed by atoms with Crippen LogP contribution in [0, 0.1) is 0 Å². The summed E-state index contributed by atoms with van der Waals surface area (Å²) < 4.78 is 44.5. The molecule has 1 atom stereocenters. The van der Waals surface area contributed by atoms with Gasteiger partial charge in [0.25, 0.3) is 0 Å². The van der Waals surface area contributed by atoms with Gasteiger partial charge >= 0.3 is 6.36 Å². The van der Waals surface area contributed by atoms with Crippen LogP contribution in [0.4, 0.5) is 18.9 Å². The van der Waals surface area contributed by atoms with Crippen LogP contribution in [-0.2, 0) is 11.3 Å². The highest BCUT2D eigenvalue weighted by molar-refractivity contribution is 7.97. The molecule has 0 aromatic heterocycles. The Balaban J connectivity index is 1.24. The third-order valence-corrected chi connectivity index (χ3v) is 6.32. The second-order valence-electron chi connectivity index (χ2n) is 7.78. The molecule has 5 nitrogen and oxygen atoms in total. The lowest BCUT2D eigenvalue weighted by atomic mass is 10.2. The standard InChI is InChI=1S/C22H24F3N3O2S/c23-22(24,25)30-19-3-1-4-20(13-19)31-26-17-10-12-27(15-17)14-16-6-8-18(9-7-16)28-11-2-5-21(28)29/h1,3-4,6-9,13,17,26H,2,5,10-12,14-15H2. The summed E-state index contributed by atoms with van der Waals surface area (Å²) in [6.07, 6.45) is -2.18. The topological polar surface area (TPSA) is 44.8 Å². The van der Waals surface area contributed by atoms with Crippen LogP contribution in [0.5, 0.6) is 5.75 Å². The fraction of sp³-hybridized carbons (Fsp3) is 0.409. The van der Waals surface area contributed by atoms with Gasteiger partial charge < -0.3 is 9.64 Å². The van der Waals surface area contributed by atoms with Crippen molar-refractivity contribution < 1.29 is 22.7 Å². The Hall–Kier alpha value is -2.23. The Labute approximate surface area is 183 Å². The fourth-order valence-corrected chi connectivity index (χ4v) is 4.74. The maximum atomic E-state index is 12.4. The summed E-state index contributed by atoms with van der Waals surface area (Å²) in [5, 5.41) is 0. The Morgan fingerprint density at radius 3 is 2.65 bits per heavy atom. The van der Waals surface area contributed by atoms with Gasteiger partial charge in [-0.1, -0.05) is 18.2 Å². The molecule has 0 bridgehead atoms. The molecule has 0 spiro atoms. The van der Waals surface area contributed by atoms with Crippen molar-refractivity contribution in [2.24, 2.45) is 0 Å². The minimum Gasteiger partial charge on any atom is -0.406 e. The van der Waals surface area contributed by atoms with E-state index in [4.69, 9.17) is 0 Å². The van der Waals surface area contributed by atoms with E-state index in [-0.39, 0.29) is 17.7 Å². The number of halogens is 3. The molecule has 2 aliphatic heterocycles. The summed E-state index contributed by atoms with van der Waals surface area (Å²) in [5.74, 6) is -0.0272. The highest BCUT2D eigenvalue weighted by atomic mass is 32.2. The van der Waals surface area contributed by atoms with Crippen molar-refractivity contribution in [3.05, 3.63) is 54.1 Å². The van der Waals surface area contributed by atoms with Gasteiger partial charge in [-0.3, -0.25) is 14.4 Å². The van der Waals surface area contributed by atoms with Gasteiger partial charge in [-0.2, -0.15) is 0 Å². The SMILES string of the molecule is O=C1CCCN1c1ccc(CN2CCC(NSc3cccc(OC(F)(F)F)c3)C2)cc1. The van der Waals surface area contributed by atoms with Crippen LogP contribution >= 0.6 is 11.9 Å². The predicted octanol–water partition coefficient (Wildman–Crippen LogP) is 4.58. The van der Waals surface area contributed by atoms with E-state index < -0.39 is 6.36 Å². The first-order valence-corrected chi connectivity index (χ1v) is 11.1. The summed E-state index contributed by atoms with van der Waals surface area (Å²) >= 11 is 1.32. The first kappa shape index (κ1) is 22.0. The van der Waals surface area contributed by atoms with Crippen molar-refractivity contribution in [1.29, 1.82) is 0 Å². The number of rotatable bonds is 7. The van der Waals surface area contributed by atoms with Crippen LogP contribution in [0.15, 0.2) is 53.4 Å². The molecule has 9 heteroatoms. The molecule has 1 N–H and O–H groups in total. The summed E-state index contributed by atoms with van der Waals surface area (Å²) in [4.78, 5) is 16.7. The minimum absolute atomic E-state index is 0.189. The lowest BCUT2D eigenvalue weighted by Crippen LogP contribution is -2.28. The largest absolute Gasteiger partial charge is 0.573 e. The molecule has 0 saturated carbocycles. The number of anilines is 1. The zero-order valence-electron chi connectivity index (χ0n) is 16.9. The van der Waals surface area contributed by atoms with Crippen molar-refractivity contribution in [2.75, 3.05) is 24.5 Å². The van der Waals surface area contributed by atoms with Gasteiger partial charge in [0.2, 0.25) is 5.91 Å². The van der Waals surface area contributed by atoms with Gasteiger partial charge in [0.05, 0.1) is 0 Å². The summed E-state index contributed by atoms with van der Waals surface area (Å²) in [6.45, 7) is 3.42. The zero-order valence-corrected chi connectivity index (χ0v) is 17.7.